The molecule has 0 radical (unpaired) electrons. The lowest BCUT2D eigenvalue weighted by Crippen LogP contribution is -2.05. The highest BCUT2D eigenvalue weighted by Crippen LogP contribution is 2.44. The van der Waals surface area contributed by atoms with Gasteiger partial charge in [-0.25, -0.2) is 0 Å². The summed E-state index contributed by atoms with van der Waals surface area (Å²) < 4.78 is 136. The van der Waals surface area contributed by atoms with Gasteiger partial charge in [0.1, 0.15) is 22.9 Å². The van der Waals surface area contributed by atoms with E-state index < -0.39 is 66.6 Å². The first-order valence-electron chi connectivity index (χ1n) is 16.1. The lowest BCUT2D eigenvalue weighted by atomic mass is 10.1. The molecule has 0 atom stereocenters. The third kappa shape index (κ3) is 9.63. The molecule has 0 saturated carbocycles. The second kappa shape index (κ2) is 16.7. The molecule has 0 aliphatic heterocycles. The summed E-state index contributed by atoms with van der Waals surface area (Å²) in [6.45, 7) is 0. The number of phenolic OH excluding ortho intramolecular Hbond substituents is 2. The van der Waals surface area contributed by atoms with Crippen molar-refractivity contribution in [3.05, 3.63) is 107 Å². The van der Waals surface area contributed by atoms with Crippen LogP contribution in [0, 0.1) is 0 Å². The van der Waals surface area contributed by atoms with Gasteiger partial charge in [0.15, 0.2) is 0 Å². The highest BCUT2D eigenvalue weighted by atomic mass is 35.5. The van der Waals surface area contributed by atoms with Crippen LogP contribution < -0.4 is 11.5 Å². The van der Waals surface area contributed by atoms with Crippen molar-refractivity contribution in [2.24, 2.45) is 20.5 Å². The maximum absolute atomic E-state index is 13.2. The van der Waals surface area contributed by atoms with Gasteiger partial charge in [-0.2, -0.15) is 43.2 Å². The number of nitrogens with two attached hydrogens (primary N) is 2. The zero-order valence-corrected chi connectivity index (χ0v) is 32.3. The van der Waals surface area contributed by atoms with Gasteiger partial charge in [0.2, 0.25) is 0 Å². The van der Waals surface area contributed by atoms with Crippen LogP contribution in [0.15, 0.2) is 121 Å². The first-order chi connectivity index (χ1) is 27.5. The van der Waals surface area contributed by atoms with Gasteiger partial charge in [-0.15, -0.1) is 20.5 Å². The molecule has 0 spiro atoms. The van der Waals surface area contributed by atoms with E-state index >= 15 is 0 Å². The third-order valence-corrected chi connectivity index (χ3v) is 10.9. The summed E-state index contributed by atoms with van der Waals surface area (Å²) in [5.74, 6) is -1.01. The second-order valence-corrected chi connectivity index (χ2v) is 15.8. The number of anilines is 2. The van der Waals surface area contributed by atoms with Crippen molar-refractivity contribution >= 4 is 87.5 Å². The van der Waals surface area contributed by atoms with E-state index in [-0.39, 0.29) is 59.1 Å². The number of alkyl halides is 6. The molecular formula is C36H27ClF6N6O8S2. The van der Waals surface area contributed by atoms with Crippen molar-refractivity contribution in [3.8, 4) is 11.5 Å². The zero-order chi connectivity index (χ0) is 43.7. The van der Waals surface area contributed by atoms with Gasteiger partial charge in [-0.3, -0.25) is 8.37 Å². The van der Waals surface area contributed by atoms with Crippen molar-refractivity contribution in [3.63, 3.8) is 0 Å². The monoisotopic (exact) mass is 884 g/mol. The van der Waals surface area contributed by atoms with Crippen LogP contribution in [0.5, 0.6) is 11.5 Å². The van der Waals surface area contributed by atoms with Gasteiger partial charge < -0.3 is 21.7 Å². The summed E-state index contributed by atoms with van der Waals surface area (Å²) in [6, 6.07) is 17.4. The lowest BCUT2D eigenvalue weighted by Gasteiger charge is -2.11. The number of hydrogen-bond acceptors (Lipinski definition) is 14. The maximum atomic E-state index is 13.2. The number of nitrogens with zero attached hydrogens (tertiary/aromatic N) is 4. The van der Waals surface area contributed by atoms with Gasteiger partial charge in [0, 0.05) is 17.2 Å². The first-order valence-corrected chi connectivity index (χ1v) is 19.3. The Hall–Kier alpha value is -6.07. The van der Waals surface area contributed by atoms with Gasteiger partial charge in [-0.1, -0.05) is 35.9 Å². The number of phenols is 2. The van der Waals surface area contributed by atoms with E-state index in [4.69, 9.17) is 23.1 Å². The van der Waals surface area contributed by atoms with E-state index in [1.807, 2.05) is 0 Å². The average Bonchev–Trinajstić information content (AvgIpc) is 3.17. The molecule has 0 saturated heterocycles. The molecule has 0 unspecified atom stereocenters. The maximum Gasteiger partial charge on any atom is 0.418 e. The molecule has 0 heterocycles. The standard InChI is InChI=1S/C18H13ClF3N3O4S.C18H14F3N3O4S/c1-29-30(27,28)11-6-9-2-4-13(23)17(16(9)15(26)8-11)25-24-14-5-3-10(19)7-12(14)18(20,21)22;1-28-29(26,27)11-8-10-6-7-13(22)17(16(10)15(25)9-11)24-23-14-5-3-2-4-12(14)18(19,20)21/h2-8,26H,23H2,1H3;2-9,25H,22H2,1H3. The van der Waals surface area contributed by atoms with E-state index in [2.05, 4.69) is 28.8 Å². The van der Waals surface area contributed by atoms with E-state index in [1.54, 1.807) is 0 Å². The van der Waals surface area contributed by atoms with Gasteiger partial charge in [0.05, 0.1) is 68.7 Å². The molecule has 0 aliphatic carbocycles. The molecule has 0 fully saturated rings. The summed E-state index contributed by atoms with van der Waals surface area (Å²) in [4.78, 5) is -0.625. The number of benzene rings is 6. The summed E-state index contributed by atoms with van der Waals surface area (Å²) in [5.41, 5.74) is 8.50. The van der Waals surface area contributed by atoms with Crippen molar-refractivity contribution in [2.45, 2.75) is 22.1 Å². The van der Waals surface area contributed by atoms with Crippen molar-refractivity contribution in [2.75, 3.05) is 25.7 Å². The molecule has 6 rings (SSSR count). The zero-order valence-electron chi connectivity index (χ0n) is 29.9. The molecule has 0 aliphatic rings. The van der Waals surface area contributed by atoms with Crippen LogP contribution in [0.2, 0.25) is 5.02 Å². The normalized spacial score (nSPS) is 12.7. The Bertz CT molecular complexity index is 2900. The van der Waals surface area contributed by atoms with Crippen molar-refractivity contribution < 1.29 is 61.8 Å². The summed E-state index contributed by atoms with van der Waals surface area (Å²) in [5, 5.41) is 36.0. The molecule has 6 aromatic rings. The number of fused-ring (bicyclic) bond motifs is 2. The quantitative estimate of drug-likeness (QED) is 0.0489. The predicted octanol–water partition coefficient (Wildman–Crippen LogP) is 10.4. The molecule has 6 aromatic carbocycles. The fraction of sp³-hybridized carbons (Fsp3) is 0.111. The number of nitrogen functional groups attached to an aromatic ring is 2. The van der Waals surface area contributed by atoms with E-state index in [1.165, 1.54) is 54.6 Å². The Morgan fingerprint density at radius 3 is 1.42 bits per heavy atom. The van der Waals surface area contributed by atoms with Crippen LogP contribution in [0.1, 0.15) is 11.1 Å². The van der Waals surface area contributed by atoms with Crippen LogP contribution in [-0.2, 0) is 41.0 Å². The van der Waals surface area contributed by atoms with Gasteiger partial charge in [0.25, 0.3) is 20.2 Å². The number of azo groups is 2. The first kappa shape index (κ1) is 44.0. The third-order valence-electron chi connectivity index (χ3n) is 8.15. The van der Waals surface area contributed by atoms with Crippen molar-refractivity contribution in [1.82, 2.24) is 0 Å². The van der Waals surface area contributed by atoms with Crippen LogP contribution >= 0.6 is 11.6 Å². The fourth-order valence-electron chi connectivity index (χ4n) is 5.36. The highest BCUT2D eigenvalue weighted by Gasteiger charge is 2.35. The molecule has 0 aromatic heterocycles. The summed E-state index contributed by atoms with van der Waals surface area (Å²) in [6.07, 6.45) is -9.36. The number of rotatable bonds is 8. The van der Waals surface area contributed by atoms with Gasteiger partial charge in [-0.05, 0) is 65.4 Å². The molecule has 23 heteroatoms. The Morgan fingerprint density at radius 2 is 1.00 bits per heavy atom. The Labute approximate surface area is 335 Å². The second-order valence-electron chi connectivity index (χ2n) is 11.9. The fourth-order valence-corrected chi connectivity index (χ4v) is 6.97. The molecule has 0 bridgehead atoms. The minimum absolute atomic E-state index is 0.00595. The Morgan fingerprint density at radius 1 is 0.576 bits per heavy atom. The van der Waals surface area contributed by atoms with Gasteiger partial charge >= 0.3 is 12.4 Å². The van der Waals surface area contributed by atoms with Crippen LogP contribution in [0.3, 0.4) is 0 Å². The topological polar surface area (TPSA) is 229 Å². The molecule has 59 heavy (non-hydrogen) atoms. The lowest BCUT2D eigenvalue weighted by molar-refractivity contribution is -0.137. The van der Waals surface area contributed by atoms with Crippen molar-refractivity contribution in [1.29, 1.82) is 0 Å². The minimum atomic E-state index is -4.73. The van der Waals surface area contributed by atoms with Crippen LogP contribution in [0.25, 0.3) is 21.5 Å². The molecule has 0 amide bonds. The van der Waals surface area contributed by atoms with Crippen LogP contribution in [-0.4, -0.2) is 41.3 Å². The minimum Gasteiger partial charge on any atom is -0.507 e. The summed E-state index contributed by atoms with van der Waals surface area (Å²) in [7, 11) is -6.25. The Balaban J connectivity index is 0.000000224. The SMILES string of the molecule is COS(=O)(=O)c1cc(O)c2c(N=Nc3ccc(Cl)cc3C(F)(F)F)c(N)ccc2c1.COS(=O)(=O)c1cc(O)c2c(N=Nc3ccccc3C(F)(F)F)c(N)ccc2c1. The number of hydrogen-bond donors (Lipinski definition) is 4. The number of halogens is 7. The average molecular weight is 885 g/mol. The number of aromatic hydroxyl groups is 2. The van der Waals surface area contributed by atoms with E-state index in [0.717, 1.165) is 44.6 Å². The largest absolute Gasteiger partial charge is 0.507 e. The molecule has 310 valence electrons. The van der Waals surface area contributed by atoms with E-state index in [9.17, 15) is 53.4 Å². The molecule has 14 nitrogen and oxygen atoms in total. The summed E-state index contributed by atoms with van der Waals surface area (Å²) >= 11 is 5.64. The van der Waals surface area contributed by atoms with Crippen LogP contribution in [0.4, 0.5) is 60.5 Å². The predicted molar refractivity (Wildman–Crippen MR) is 205 cm³/mol. The smallest absolute Gasteiger partial charge is 0.418 e. The Kier molecular flexibility index (Phi) is 12.4. The molecule has 6 N–H and O–H groups in total. The molecular weight excluding hydrogens is 858 g/mol. The van der Waals surface area contributed by atoms with E-state index in [0.29, 0.717) is 6.07 Å². The highest BCUT2D eigenvalue weighted by molar-refractivity contribution is 7.87.